The Hall–Kier alpha value is -1.11. The van der Waals surface area contributed by atoms with Gasteiger partial charge in [-0.25, -0.2) is 13.1 Å². The normalized spacial score (nSPS) is 12.1. The molecule has 0 fully saturated rings. The molecule has 0 heterocycles. The minimum Gasteiger partial charge on any atom is -0.383 e. The van der Waals surface area contributed by atoms with Crippen molar-refractivity contribution in [1.82, 2.24) is 9.62 Å². The Kier molecular flexibility index (Phi) is 6.45. The molecule has 0 aromatic heterocycles. The lowest BCUT2D eigenvalue weighted by atomic mass is 10.3. The van der Waals surface area contributed by atoms with E-state index in [2.05, 4.69) is 21.9 Å². The number of nitrogens with zero attached hydrogens (tertiary/aromatic N) is 1. The molecule has 20 heavy (non-hydrogen) atoms. The van der Waals surface area contributed by atoms with Crippen molar-refractivity contribution in [2.75, 3.05) is 32.0 Å². The molecule has 114 valence electrons. The second kappa shape index (κ2) is 7.61. The van der Waals surface area contributed by atoms with Crippen LogP contribution in [0, 0.1) is 0 Å². The zero-order chi connectivity index (χ0) is 15.2. The van der Waals surface area contributed by atoms with Crippen molar-refractivity contribution < 1.29 is 8.42 Å². The van der Waals surface area contributed by atoms with Crippen molar-refractivity contribution in [3.63, 3.8) is 0 Å². The van der Waals surface area contributed by atoms with Crippen LogP contribution in [0.5, 0.6) is 0 Å². The molecule has 6 heteroatoms. The highest BCUT2D eigenvalue weighted by atomic mass is 32.2. The average Bonchev–Trinajstić information content (AvgIpc) is 2.37. The summed E-state index contributed by atoms with van der Waals surface area (Å²) in [7, 11) is -1.44. The highest BCUT2D eigenvalue weighted by Gasteiger charge is 2.18. The fourth-order valence-electron chi connectivity index (χ4n) is 1.76. The lowest BCUT2D eigenvalue weighted by Crippen LogP contribution is -2.31. The van der Waals surface area contributed by atoms with Gasteiger partial charge in [0.1, 0.15) is 4.90 Å². The van der Waals surface area contributed by atoms with Crippen molar-refractivity contribution >= 4 is 15.7 Å². The molecule has 0 saturated heterocycles. The number of nitrogens with one attached hydrogen (secondary N) is 2. The van der Waals surface area contributed by atoms with E-state index in [0.717, 1.165) is 13.1 Å². The molecule has 2 N–H and O–H groups in total. The van der Waals surface area contributed by atoms with Gasteiger partial charge in [-0.2, -0.15) is 0 Å². The molecule has 0 atom stereocenters. The van der Waals surface area contributed by atoms with Gasteiger partial charge in [0.15, 0.2) is 0 Å². The second-order valence-electron chi connectivity index (χ2n) is 5.09. The molecule has 1 aromatic rings. The molecule has 0 saturated carbocycles. The van der Waals surface area contributed by atoms with Crippen LogP contribution in [0.2, 0.25) is 0 Å². The van der Waals surface area contributed by atoms with Gasteiger partial charge in [-0.15, -0.1) is 0 Å². The number of likely N-dealkylation sites (N-methyl/N-ethyl adjacent to an activating group) is 1. The van der Waals surface area contributed by atoms with E-state index in [0.29, 0.717) is 17.1 Å². The smallest absolute Gasteiger partial charge is 0.242 e. The summed E-state index contributed by atoms with van der Waals surface area (Å²) in [4.78, 5) is 2.46. The van der Waals surface area contributed by atoms with Crippen LogP contribution in [0.15, 0.2) is 29.2 Å². The third kappa shape index (κ3) is 5.11. The fraction of sp³-hybridized carbons (Fsp3) is 0.571. The Morgan fingerprint density at radius 1 is 1.25 bits per heavy atom. The molecular formula is C14H25N3O2S. The van der Waals surface area contributed by atoms with E-state index in [-0.39, 0.29) is 6.04 Å². The zero-order valence-corrected chi connectivity index (χ0v) is 13.5. The van der Waals surface area contributed by atoms with Gasteiger partial charge in [0, 0.05) is 19.1 Å². The van der Waals surface area contributed by atoms with Crippen molar-refractivity contribution in [3.05, 3.63) is 24.3 Å². The maximum absolute atomic E-state index is 12.3. The van der Waals surface area contributed by atoms with Crippen LogP contribution in [-0.2, 0) is 10.0 Å². The second-order valence-corrected chi connectivity index (χ2v) is 6.78. The molecule has 5 nitrogen and oxygen atoms in total. The van der Waals surface area contributed by atoms with E-state index < -0.39 is 10.0 Å². The van der Waals surface area contributed by atoms with Gasteiger partial charge in [-0.3, -0.25) is 0 Å². The Morgan fingerprint density at radius 3 is 2.50 bits per heavy atom. The van der Waals surface area contributed by atoms with Crippen molar-refractivity contribution in [2.45, 2.75) is 31.7 Å². The lowest BCUT2D eigenvalue weighted by Gasteiger charge is -2.17. The highest BCUT2D eigenvalue weighted by molar-refractivity contribution is 7.89. The third-order valence-electron chi connectivity index (χ3n) is 2.92. The van der Waals surface area contributed by atoms with E-state index in [4.69, 9.17) is 0 Å². The van der Waals surface area contributed by atoms with Gasteiger partial charge in [0.2, 0.25) is 10.0 Å². The molecule has 1 rings (SSSR count). The number of para-hydroxylation sites is 1. The Balaban J connectivity index is 2.83. The Morgan fingerprint density at radius 2 is 1.90 bits per heavy atom. The molecule has 0 aliphatic carbocycles. The number of benzene rings is 1. The predicted octanol–water partition coefficient (Wildman–Crippen LogP) is 1.74. The summed E-state index contributed by atoms with van der Waals surface area (Å²) in [6.07, 6.45) is 0. The Labute approximate surface area is 122 Å². The summed E-state index contributed by atoms with van der Waals surface area (Å²) in [5.74, 6) is 0. The lowest BCUT2D eigenvalue weighted by molar-refractivity contribution is 0.367. The van der Waals surface area contributed by atoms with Crippen LogP contribution in [0.4, 0.5) is 5.69 Å². The summed E-state index contributed by atoms with van der Waals surface area (Å²) in [5, 5.41) is 3.20. The first kappa shape index (κ1) is 16.9. The van der Waals surface area contributed by atoms with E-state index in [1.165, 1.54) is 0 Å². The summed E-state index contributed by atoms with van der Waals surface area (Å²) < 4.78 is 27.1. The topological polar surface area (TPSA) is 61.4 Å². The molecule has 0 aliphatic heterocycles. The summed E-state index contributed by atoms with van der Waals surface area (Å²) >= 11 is 0. The SMILES string of the molecule is CCN(C)CCNc1ccccc1S(=O)(=O)NC(C)C. The zero-order valence-electron chi connectivity index (χ0n) is 12.7. The van der Waals surface area contributed by atoms with Crippen molar-refractivity contribution in [3.8, 4) is 0 Å². The average molecular weight is 299 g/mol. The van der Waals surface area contributed by atoms with Gasteiger partial charge in [-0.05, 0) is 39.6 Å². The van der Waals surface area contributed by atoms with E-state index in [9.17, 15) is 8.42 Å². The molecular weight excluding hydrogens is 274 g/mol. The Bertz CT molecular complexity index is 515. The number of hydrogen-bond donors (Lipinski definition) is 2. The fourth-order valence-corrected chi connectivity index (χ4v) is 3.20. The van der Waals surface area contributed by atoms with Gasteiger partial charge in [-0.1, -0.05) is 19.1 Å². The summed E-state index contributed by atoms with van der Waals surface area (Å²) in [6, 6.07) is 6.86. The third-order valence-corrected chi connectivity index (χ3v) is 4.63. The minimum absolute atomic E-state index is 0.126. The molecule has 1 aromatic carbocycles. The largest absolute Gasteiger partial charge is 0.383 e. The predicted molar refractivity (Wildman–Crippen MR) is 83.6 cm³/mol. The maximum Gasteiger partial charge on any atom is 0.242 e. The summed E-state index contributed by atoms with van der Waals surface area (Å²) in [6.45, 7) is 8.25. The van der Waals surface area contributed by atoms with Gasteiger partial charge < -0.3 is 10.2 Å². The quantitative estimate of drug-likeness (QED) is 0.767. The molecule has 0 spiro atoms. The highest BCUT2D eigenvalue weighted by Crippen LogP contribution is 2.20. The van der Waals surface area contributed by atoms with Crippen LogP contribution in [0.3, 0.4) is 0 Å². The molecule has 0 radical (unpaired) electrons. The standard InChI is InChI=1S/C14H25N3O2S/c1-5-17(4)11-10-15-13-8-6-7-9-14(13)20(18,19)16-12(2)3/h6-9,12,15-16H,5,10-11H2,1-4H3. The molecule has 0 aliphatic rings. The number of anilines is 1. The van der Waals surface area contributed by atoms with Gasteiger partial charge >= 0.3 is 0 Å². The number of sulfonamides is 1. The molecule has 0 bridgehead atoms. The molecule has 0 unspecified atom stereocenters. The first-order chi connectivity index (χ1) is 9.36. The van der Waals surface area contributed by atoms with E-state index in [1.54, 1.807) is 18.2 Å². The minimum atomic E-state index is -3.47. The monoisotopic (exact) mass is 299 g/mol. The maximum atomic E-state index is 12.3. The van der Waals surface area contributed by atoms with Crippen LogP contribution >= 0.6 is 0 Å². The van der Waals surface area contributed by atoms with Crippen molar-refractivity contribution in [2.24, 2.45) is 0 Å². The van der Waals surface area contributed by atoms with E-state index in [1.807, 2.05) is 27.0 Å². The summed E-state index contributed by atoms with van der Waals surface area (Å²) in [5.41, 5.74) is 0.644. The van der Waals surface area contributed by atoms with Crippen LogP contribution in [-0.4, -0.2) is 46.0 Å². The van der Waals surface area contributed by atoms with Crippen LogP contribution in [0.1, 0.15) is 20.8 Å². The molecule has 0 amide bonds. The van der Waals surface area contributed by atoms with E-state index >= 15 is 0 Å². The number of rotatable bonds is 8. The number of hydrogen-bond acceptors (Lipinski definition) is 4. The first-order valence-electron chi connectivity index (χ1n) is 6.90. The van der Waals surface area contributed by atoms with Gasteiger partial charge in [0.25, 0.3) is 0 Å². The van der Waals surface area contributed by atoms with Crippen LogP contribution < -0.4 is 10.0 Å². The first-order valence-corrected chi connectivity index (χ1v) is 8.39. The van der Waals surface area contributed by atoms with Crippen molar-refractivity contribution in [1.29, 1.82) is 0 Å². The van der Waals surface area contributed by atoms with Crippen LogP contribution in [0.25, 0.3) is 0 Å². The van der Waals surface area contributed by atoms with Gasteiger partial charge in [0.05, 0.1) is 5.69 Å².